The van der Waals surface area contributed by atoms with E-state index in [-0.39, 0.29) is 11.9 Å². The number of aromatic nitrogens is 1. The van der Waals surface area contributed by atoms with E-state index < -0.39 is 0 Å². The molecule has 5 heteroatoms. The summed E-state index contributed by atoms with van der Waals surface area (Å²) in [5, 5.41) is 9.40. The molecule has 0 radical (unpaired) electrons. The van der Waals surface area contributed by atoms with Gasteiger partial charge in [0.1, 0.15) is 5.76 Å². The van der Waals surface area contributed by atoms with E-state index in [1.807, 2.05) is 13.8 Å². The lowest BCUT2D eigenvalue weighted by molar-refractivity contribution is -0.120. The van der Waals surface area contributed by atoms with E-state index >= 15 is 0 Å². The first-order valence-corrected chi connectivity index (χ1v) is 5.12. The third-order valence-electron chi connectivity index (χ3n) is 2.10. The molecule has 0 aromatic carbocycles. The van der Waals surface area contributed by atoms with Crippen LogP contribution in [0.5, 0.6) is 0 Å². The summed E-state index contributed by atoms with van der Waals surface area (Å²) in [6.07, 6.45) is 2.52. The molecule has 0 bridgehead atoms. The van der Waals surface area contributed by atoms with Gasteiger partial charge in [-0.15, -0.1) is 0 Å². The average molecular weight is 211 g/mol. The molecule has 1 rings (SSSR count). The van der Waals surface area contributed by atoms with E-state index in [9.17, 15) is 4.79 Å². The number of hydrogen-bond donors (Lipinski definition) is 2. The Morgan fingerprint density at radius 3 is 3.07 bits per heavy atom. The summed E-state index contributed by atoms with van der Waals surface area (Å²) in [4.78, 5) is 11.3. The smallest absolute Gasteiger partial charge is 0.234 e. The van der Waals surface area contributed by atoms with Crippen LogP contribution in [-0.2, 0) is 11.3 Å². The molecule has 5 nitrogen and oxygen atoms in total. The van der Waals surface area contributed by atoms with Crippen LogP contribution >= 0.6 is 0 Å². The van der Waals surface area contributed by atoms with Gasteiger partial charge < -0.3 is 15.2 Å². The van der Waals surface area contributed by atoms with Crippen LogP contribution in [-0.4, -0.2) is 23.7 Å². The lowest BCUT2D eigenvalue weighted by atomic mass is 10.2. The van der Waals surface area contributed by atoms with Crippen LogP contribution in [0.1, 0.15) is 26.0 Å². The van der Waals surface area contributed by atoms with E-state index in [0.29, 0.717) is 13.1 Å². The van der Waals surface area contributed by atoms with Gasteiger partial charge in [-0.1, -0.05) is 12.1 Å². The van der Waals surface area contributed by atoms with Gasteiger partial charge in [-0.25, -0.2) is 0 Å². The molecular formula is C10H17N3O2. The fraction of sp³-hybridized carbons (Fsp3) is 0.600. The Hall–Kier alpha value is -1.36. The highest BCUT2D eigenvalue weighted by molar-refractivity contribution is 5.78. The molecule has 1 atom stereocenters. The fourth-order valence-electron chi connectivity index (χ4n) is 1.06. The average Bonchev–Trinajstić information content (AvgIpc) is 2.70. The standard InChI is InChI=1S/C10H17N3O2/c1-3-8(2)13-10(14)7-11-6-9-4-5-12-15-9/h4-5,8,11H,3,6-7H2,1-2H3,(H,13,14). The van der Waals surface area contributed by atoms with Crippen molar-refractivity contribution in [3.63, 3.8) is 0 Å². The summed E-state index contributed by atoms with van der Waals surface area (Å²) < 4.78 is 4.87. The number of rotatable bonds is 6. The summed E-state index contributed by atoms with van der Waals surface area (Å²) in [6, 6.07) is 1.99. The van der Waals surface area contributed by atoms with Gasteiger partial charge in [-0.05, 0) is 13.3 Å². The first-order valence-electron chi connectivity index (χ1n) is 5.12. The highest BCUT2D eigenvalue weighted by atomic mass is 16.5. The van der Waals surface area contributed by atoms with Crippen LogP contribution in [0.4, 0.5) is 0 Å². The fourth-order valence-corrected chi connectivity index (χ4v) is 1.06. The van der Waals surface area contributed by atoms with E-state index in [0.717, 1.165) is 12.2 Å². The first-order chi connectivity index (χ1) is 7.22. The molecule has 0 aliphatic heterocycles. The Morgan fingerprint density at radius 1 is 1.67 bits per heavy atom. The van der Waals surface area contributed by atoms with Crippen molar-refractivity contribution in [1.82, 2.24) is 15.8 Å². The monoisotopic (exact) mass is 211 g/mol. The molecule has 1 unspecified atom stereocenters. The van der Waals surface area contributed by atoms with Gasteiger partial charge in [0.05, 0.1) is 19.3 Å². The van der Waals surface area contributed by atoms with Gasteiger partial charge in [0.15, 0.2) is 0 Å². The maximum absolute atomic E-state index is 11.3. The number of nitrogens with one attached hydrogen (secondary N) is 2. The summed E-state index contributed by atoms with van der Waals surface area (Å²) in [7, 11) is 0. The SMILES string of the molecule is CCC(C)NC(=O)CNCc1ccno1. The van der Waals surface area contributed by atoms with Crippen LogP contribution in [0.3, 0.4) is 0 Å². The van der Waals surface area contributed by atoms with Crippen LogP contribution in [0.25, 0.3) is 0 Å². The van der Waals surface area contributed by atoms with E-state index in [4.69, 9.17) is 4.52 Å². The summed E-state index contributed by atoms with van der Waals surface area (Å²) in [5.41, 5.74) is 0. The molecule has 2 N–H and O–H groups in total. The Labute approximate surface area is 89.2 Å². The van der Waals surface area contributed by atoms with Crippen molar-refractivity contribution in [1.29, 1.82) is 0 Å². The van der Waals surface area contributed by atoms with Crippen LogP contribution in [0.2, 0.25) is 0 Å². The van der Waals surface area contributed by atoms with Crippen molar-refractivity contribution in [2.45, 2.75) is 32.9 Å². The summed E-state index contributed by atoms with van der Waals surface area (Å²) in [6.45, 7) is 4.83. The predicted octanol–water partition coefficient (Wildman–Crippen LogP) is 0.679. The molecule has 15 heavy (non-hydrogen) atoms. The second-order valence-corrected chi connectivity index (χ2v) is 3.46. The largest absolute Gasteiger partial charge is 0.360 e. The van der Waals surface area contributed by atoms with Gasteiger partial charge in [-0.3, -0.25) is 4.79 Å². The number of carbonyl (C=O) groups is 1. The van der Waals surface area contributed by atoms with Crippen molar-refractivity contribution in [3.8, 4) is 0 Å². The van der Waals surface area contributed by atoms with Crippen molar-refractivity contribution < 1.29 is 9.32 Å². The molecule has 0 spiro atoms. The zero-order valence-corrected chi connectivity index (χ0v) is 9.12. The molecule has 0 aliphatic carbocycles. The van der Waals surface area contributed by atoms with Gasteiger partial charge in [0.2, 0.25) is 5.91 Å². The third kappa shape index (κ3) is 4.60. The zero-order valence-electron chi connectivity index (χ0n) is 9.12. The Balaban J connectivity index is 2.12. The van der Waals surface area contributed by atoms with Crippen LogP contribution in [0.15, 0.2) is 16.8 Å². The topological polar surface area (TPSA) is 67.2 Å². The first kappa shape index (κ1) is 11.7. The molecule has 1 amide bonds. The van der Waals surface area contributed by atoms with E-state index in [2.05, 4.69) is 15.8 Å². The molecule has 1 aromatic rings. The van der Waals surface area contributed by atoms with Gasteiger partial charge in [-0.2, -0.15) is 0 Å². The number of carbonyl (C=O) groups excluding carboxylic acids is 1. The van der Waals surface area contributed by atoms with Crippen molar-refractivity contribution in [2.75, 3.05) is 6.54 Å². The van der Waals surface area contributed by atoms with Crippen LogP contribution < -0.4 is 10.6 Å². The van der Waals surface area contributed by atoms with Crippen LogP contribution in [0, 0.1) is 0 Å². The van der Waals surface area contributed by atoms with E-state index in [1.165, 1.54) is 0 Å². The third-order valence-corrected chi connectivity index (χ3v) is 2.10. The summed E-state index contributed by atoms with van der Waals surface area (Å²) in [5.74, 6) is 0.732. The molecule has 84 valence electrons. The minimum absolute atomic E-state index is 0.00358. The van der Waals surface area contributed by atoms with Crippen molar-refractivity contribution in [2.24, 2.45) is 0 Å². The Kier molecular flexibility index (Phi) is 4.83. The number of hydrogen-bond acceptors (Lipinski definition) is 4. The molecule has 1 aromatic heterocycles. The van der Waals surface area contributed by atoms with Crippen molar-refractivity contribution in [3.05, 3.63) is 18.0 Å². The maximum Gasteiger partial charge on any atom is 0.234 e. The Morgan fingerprint density at radius 2 is 2.47 bits per heavy atom. The second-order valence-electron chi connectivity index (χ2n) is 3.46. The summed E-state index contributed by atoms with van der Waals surface area (Å²) >= 11 is 0. The minimum Gasteiger partial charge on any atom is -0.360 e. The van der Waals surface area contributed by atoms with Crippen molar-refractivity contribution >= 4 is 5.91 Å². The lowest BCUT2D eigenvalue weighted by Crippen LogP contribution is -2.38. The molecule has 0 aliphatic rings. The van der Waals surface area contributed by atoms with Gasteiger partial charge in [0, 0.05) is 12.1 Å². The second kappa shape index (κ2) is 6.19. The molecule has 0 saturated carbocycles. The predicted molar refractivity (Wildman–Crippen MR) is 56.1 cm³/mol. The lowest BCUT2D eigenvalue weighted by Gasteiger charge is -2.11. The minimum atomic E-state index is 0.00358. The zero-order chi connectivity index (χ0) is 11.1. The molecular weight excluding hydrogens is 194 g/mol. The quantitative estimate of drug-likeness (QED) is 0.726. The number of amides is 1. The maximum atomic E-state index is 11.3. The highest BCUT2D eigenvalue weighted by Gasteiger charge is 2.05. The normalized spacial score (nSPS) is 12.4. The Bertz CT molecular complexity index is 285. The highest BCUT2D eigenvalue weighted by Crippen LogP contribution is 1.94. The molecule has 1 heterocycles. The number of nitrogens with zero attached hydrogens (tertiary/aromatic N) is 1. The molecule has 0 saturated heterocycles. The molecule has 0 fully saturated rings. The van der Waals surface area contributed by atoms with Gasteiger partial charge >= 0.3 is 0 Å². The van der Waals surface area contributed by atoms with E-state index in [1.54, 1.807) is 12.3 Å². The van der Waals surface area contributed by atoms with Gasteiger partial charge in [0.25, 0.3) is 0 Å².